The quantitative estimate of drug-likeness (QED) is 0.616. The van der Waals surface area contributed by atoms with Crippen molar-refractivity contribution in [3.8, 4) is 0 Å². The summed E-state index contributed by atoms with van der Waals surface area (Å²) in [6.45, 7) is 0.662. The van der Waals surface area contributed by atoms with Crippen molar-refractivity contribution in [2.75, 3.05) is 18.8 Å². The average molecular weight is 279 g/mol. The van der Waals surface area contributed by atoms with E-state index < -0.39 is 0 Å². The van der Waals surface area contributed by atoms with E-state index in [-0.39, 0.29) is 30.7 Å². The Bertz CT molecular complexity index is 335. The molecule has 6 heteroatoms. The number of nitrogens with two attached hydrogens (primary N) is 1. The molecule has 17 heavy (non-hydrogen) atoms. The largest absolute Gasteiger partial charge is 0.355 e. The van der Waals surface area contributed by atoms with E-state index in [1.165, 1.54) is 12.1 Å². The van der Waals surface area contributed by atoms with Crippen molar-refractivity contribution in [1.82, 2.24) is 5.32 Å². The summed E-state index contributed by atoms with van der Waals surface area (Å²) >= 11 is 1.64. The smallest absolute Gasteiger partial charge is 0.233 e. The van der Waals surface area contributed by atoms with Gasteiger partial charge < -0.3 is 11.1 Å². The fraction of sp³-hybridized carbons (Fsp3) is 0.364. The first-order chi connectivity index (χ1) is 7.72. The number of hydrogen-bond acceptors (Lipinski definition) is 3. The molecule has 0 heterocycles. The van der Waals surface area contributed by atoms with Crippen LogP contribution in [0.25, 0.3) is 0 Å². The maximum Gasteiger partial charge on any atom is 0.233 e. The van der Waals surface area contributed by atoms with Crippen LogP contribution in [0, 0.1) is 5.82 Å². The van der Waals surface area contributed by atoms with Gasteiger partial charge in [0.1, 0.15) is 5.82 Å². The monoisotopic (exact) mass is 278 g/mol. The summed E-state index contributed by atoms with van der Waals surface area (Å²) in [7, 11) is 0. The molecule has 1 aromatic carbocycles. The Morgan fingerprint density at radius 2 is 2.00 bits per heavy atom. The molecular formula is C11H16ClFN2OS. The van der Waals surface area contributed by atoms with Gasteiger partial charge >= 0.3 is 0 Å². The Morgan fingerprint density at radius 1 is 1.35 bits per heavy atom. The topological polar surface area (TPSA) is 55.1 Å². The minimum Gasteiger partial charge on any atom is -0.355 e. The summed E-state index contributed by atoms with van der Waals surface area (Å²) in [6.07, 6.45) is 0.869. The molecule has 96 valence electrons. The van der Waals surface area contributed by atoms with E-state index in [1.54, 1.807) is 23.9 Å². The Labute approximate surface area is 111 Å². The molecule has 3 N–H and O–H groups in total. The molecule has 0 aromatic heterocycles. The Balaban J connectivity index is 0.00000256. The Morgan fingerprint density at radius 3 is 2.59 bits per heavy atom. The fourth-order valence-corrected chi connectivity index (χ4v) is 1.95. The van der Waals surface area contributed by atoms with Crippen molar-refractivity contribution in [2.45, 2.75) is 11.3 Å². The van der Waals surface area contributed by atoms with Gasteiger partial charge in [0.05, 0.1) is 6.54 Å². The van der Waals surface area contributed by atoms with E-state index in [0.29, 0.717) is 6.54 Å². The first kappa shape index (κ1) is 16.2. The average Bonchev–Trinajstić information content (AvgIpc) is 2.31. The van der Waals surface area contributed by atoms with Crippen molar-refractivity contribution >= 4 is 30.1 Å². The van der Waals surface area contributed by atoms with Crippen molar-refractivity contribution in [3.05, 3.63) is 30.1 Å². The van der Waals surface area contributed by atoms with Crippen LogP contribution in [-0.2, 0) is 4.79 Å². The van der Waals surface area contributed by atoms with Crippen molar-refractivity contribution in [1.29, 1.82) is 0 Å². The fourth-order valence-electron chi connectivity index (χ4n) is 1.09. The molecule has 0 aliphatic heterocycles. The van der Waals surface area contributed by atoms with E-state index in [4.69, 9.17) is 5.73 Å². The highest BCUT2D eigenvalue weighted by Crippen LogP contribution is 2.18. The number of rotatable bonds is 6. The summed E-state index contributed by atoms with van der Waals surface area (Å²) in [6, 6.07) is 6.38. The Kier molecular flexibility index (Phi) is 8.85. The van der Waals surface area contributed by atoms with E-state index in [0.717, 1.165) is 17.1 Å². The molecule has 0 fully saturated rings. The summed E-state index contributed by atoms with van der Waals surface area (Å²) in [5.41, 5.74) is 5.14. The number of hydrogen-bond donors (Lipinski definition) is 2. The van der Waals surface area contributed by atoms with Crippen LogP contribution in [0.1, 0.15) is 6.42 Å². The van der Waals surface area contributed by atoms with Gasteiger partial charge in [-0.15, -0.1) is 24.2 Å². The number of benzene rings is 1. The first-order valence-electron chi connectivity index (χ1n) is 5.07. The SMILES string of the molecule is Cl.NCC(=O)NCCCSc1ccc(F)cc1. The zero-order valence-corrected chi connectivity index (χ0v) is 11.0. The summed E-state index contributed by atoms with van der Waals surface area (Å²) in [5, 5.41) is 2.69. The lowest BCUT2D eigenvalue weighted by Crippen LogP contribution is -2.31. The predicted molar refractivity (Wildman–Crippen MR) is 71.1 cm³/mol. The van der Waals surface area contributed by atoms with Crippen LogP contribution in [0.4, 0.5) is 4.39 Å². The molecular weight excluding hydrogens is 263 g/mol. The van der Waals surface area contributed by atoms with Gasteiger partial charge in [0, 0.05) is 11.4 Å². The zero-order valence-electron chi connectivity index (χ0n) is 9.32. The van der Waals surface area contributed by atoms with Crippen LogP contribution in [0.5, 0.6) is 0 Å². The minimum absolute atomic E-state index is 0. The maximum atomic E-state index is 12.6. The lowest BCUT2D eigenvalue weighted by atomic mass is 10.4. The van der Waals surface area contributed by atoms with E-state index in [2.05, 4.69) is 5.32 Å². The van der Waals surface area contributed by atoms with Gasteiger partial charge in [-0.25, -0.2) is 4.39 Å². The van der Waals surface area contributed by atoms with Crippen LogP contribution in [0.15, 0.2) is 29.2 Å². The predicted octanol–water partition coefficient (Wildman–Crippen LogP) is 1.80. The second-order valence-electron chi connectivity index (χ2n) is 3.21. The molecule has 0 atom stereocenters. The lowest BCUT2D eigenvalue weighted by Gasteiger charge is -2.03. The standard InChI is InChI=1S/C11H15FN2OS.ClH/c12-9-2-4-10(5-3-9)16-7-1-6-14-11(15)8-13;/h2-5H,1,6-8,13H2,(H,14,15);1H. The minimum atomic E-state index is -0.223. The third kappa shape index (κ3) is 7.20. The zero-order chi connectivity index (χ0) is 11.8. The highest BCUT2D eigenvalue weighted by atomic mass is 35.5. The van der Waals surface area contributed by atoms with Gasteiger partial charge in [-0.3, -0.25) is 4.79 Å². The second-order valence-corrected chi connectivity index (χ2v) is 4.38. The third-order valence-corrected chi connectivity index (χ3v) is 3.01. The molecule has 3 nitrogen and oxygen atoms in total. The summed E-state index contributed by atoms with van der Waals surface area (Å²) in [4.78, 5) is 11.8. The molecule has 0 radical (unpaired) electrons. The first-order valence-corrected chi connectivity index (χ1v) is 6.06. The number of thioether (sulfide) groups is 1. The van der Waals surface area contributed by atoms with E-state index in [9.17, 15) is 9.18 Å². The highest BCUT2D eigenvalue weighted by Gasteiger charge is 1.97. The summed E-state index contributed by atoms with van der Waals surface area (Å²) < 4.78 is 12.6. The lowest BCUT2D eigenvalue weighted by molar-refractivity contribution is -0.119. The normalized spacial score (nSPS) is 9.53. The van der Waals surface area contributed by atoms with Crippen LogP contribution >= 0.6 is 24.2 Å². The third-order valence-electron chi connectivity index (χ3n) is 1.91. The highest BCUT2D eigenvalue weighted by molar-refractivity contribution is 7.99. The Hall–Kier alpha value is -0.780. The summed E-state index contributed by atoms with van der Waals surface area (Å²) in [5.74, 6) is 0.530. The van der Waals surface area contributed by atoms with Gasteiger partial charge in [0.25, 0.3) is 0 Å². The van der Waals surface area contributed by atoms with Crippen LogP contribution in [0.2, 0.25) is 0 Å². The molecule has 0 bridgehead atoms. The van der Waals surface area contributed by atoms with Crippen LogP contribution in [-0.4, -0.2) is 24.7 Å². The molecule has 0 unspecified atom stereocenters. The molecule has 0 aliphatic carbocycles. The molecule has 0 aliphatic rings. The molecule has 0 spiro atoms. The van der Waals surface area contributed by atoms with Gasteiger partial charge in [0.15, 0.2) is 0 Å². The molecule has 1 rings (SSSR count). The molecule has 0 saturated carbocycles. The van der Waals surface area contributed by atoms with Crippen molar-refractivity contribution in [2.24, 2.45) is 5.73 Å². The van der Waals surface area contributed by atoms with Gasteiger partial charge in [-0.05, 0) is 36.4 Å². The maximum absolute atomic E-state index is 12.6. The number of carbonyl (C=O) groups excluding carboxylic acids is 1. The van der Waals surface area contributed by atoms with Crippen LogP contribution in [0.3, 0.4) is 0 Å². The number of nitrogens with one attached hydrogen (secondary N) is 1. The van der Waals surface area contributed by atoms with Gasteiger partial charge in [-0.1, -0.05) is 0 Å². The van der Waals surface area contributed by atoms with Crippen molar-refractivity contribution in [3.63, 3.8) is 0 Å². The van der Waals surface area contributed by atoms with E-state index in [1.807, 2.05) is 0 Å². The second kappa shape index (κ2) is 9.27. The number of carbonyl (C=O) groups is 1. The van der Waals surface area contributed by atoms with E-state index >= 15 is 0 Å². The van der Waals surface area contributed by atoms with Crippen LogP contribution < -0.4 is 11.1 Å². The molecule has 1 amide bonds. The molecule has 0 saturated heterocycles. The molecule has 1 aromatic rings. The number of halogens is 2. The van der Waals surface area contributed by atoms with Crippen molar-refractivity contribution < 1.29 is 9.18 Å². The van der Waals surface area contributed by atoms with Gasteiger partial charge in [-0.2, -0.15) is 0 Å². The van der Waals surface area contributed by atoms with Gasteiger partial charge in [0.2, 0.25) is 5.91 Å². The number of amides is 1.